The average Bonchev–Trinajstić information content (AvgIpc) is 2.38. The number of pyridine rings is 1. The summed E-state index contributed by atoms with van der Waals surface area (Å²) in [7, 11) is 0. The molecule has 0 amide bonds. The number of benzene rings is 1. The van der Waals surface area contributed by atoms with Crippen LogP contribution >= 0.6 is 27.5 Å². The van der Waals surface area contributed by atoms with Crippen molar-refractivity contribution < 1.29 is 13.5 Å². The van der Waals surface area contributed by atoms with Crippen LogP contribution in [-0.4, -0.2) is 11.6 Å². The van der Waals surface area contributed by atoms with Crippen LogP contribution in [0.3, 0.4) is 0 Å². The van der Waals surface area contributed by atoms with Gasteiger partial charge >= 0.3 is 6.61 Å². The zero-order valence-electron chi connectivity index (χ0n) is 9.62. The molecule has 19 heavy (non-hydrogen) atoms. The number of hydrogen-bond donors (Lipinski definition) is 0. The van der Waals surface area contributed by atoms with Crippen LogP contribution in [0.5, 0.6) is 5.88 Å². The number of alkyl halides is 3. The molecule has 2 rings (SSSR count). The minimum Gasteiger partial charge on any atom is -0.416 e. The van der Waals surface area contributed by atoms with Gasteiger partial charge in [0, 0.05) is 22.1 Å². The average molecular weight is 349 g/mol. The molecule has 0 aliphatic heterocycles. The van der Waals surface area contributed by atoms with E-state index in [1.165, 1.54) is 6.20 Å². The number of rotatable bonds is 4. The lowest BCUT2D eigenvalue weighted by atomic mass is 10.0. The fourth-order valence-corrected chi connectivity index (χ4v) is 2.73. The summed E-state index contributed by atoms with van der Waals surface area (Å²) in [6.07, 6.45) is 1.40. The highest BCUT2D eigenvalue weighted by Crippen LogP contribution is 2.35. The van der Waals surface area contributed by atoms with Crippen LogP contribution in [0.1, 0.15) is 5.56 Å². The lowest BCUT2D eigenvalue weighted by molar-refractivity contribution is -0.0524. The summed E-state index contributed by atoms with van der Waals surface area (Å²) in [5.74, 6) is -0.109. The number of aromatic nitrogens is 1. The highest BCUT2D eigenvalue weighted by atomic mass is 79.9. The number of nitrogens with zero attached hydrogens (tertiary/aromatic N) is 1. The van der Waals surface area contributed by atoms with Crippen LogP contribution < -0.4 is 4.74 Å². The molecule has 0 bridgehead atoms. The molecule has 0 fully saturated rings. The molecule has 6 heteroatoms. The van der Waals surface area contributed by atoms with Gasteiger partial charge in [-0.15, -0.1) is 0 Å². The molecule has 0 spiro atoms. The standard InChI is InChI=1S/C13H9BrClF2NO/c14-7-10-8(3-1-5-11(10)15)9-4-2-6-18-12(9)19-13(16)17/h1-6,13H,7H2. The first-order valence-corrected chi connectivity index (χ1v) is 6.87. The molecule has 0 saturated heterocycles. The smallest absolute Gasteiger partial charge is 0.388 e. The van der Waals surface area contributed by atoms with E-state index in [4.69, 9.17) is 11.6 Å². The van der Waals surface area contributed by atoms with Crippen LogP contribution in [0.4, 0.5) is 8.78 Å². The molecule has 1 aromatic carbocycles. The first kappa shape index (κ1) is 14.2. The Morgan fingerprint density at radius 1 is 1.21 bits per heavy atom. The Labute approximate surface area is 122 Å². The second-order valence-corrected chi connectivity index (χ2v) is 4.60. The summed E-state index contributed by atoms with van der Waals surface area (Å²) >= 11 is 9.44. The number of ether oxygens (including phenoxy) is 1. The van der Waals surface area contributed by atoms with E-state index in [2.05, 4.69) is 25.7 Å². The molecule has 0 N–H and O–H groups in total. The van der Waals surface area contributed by atoms with Gasteiger partial charge in [0.2, 0.25) is 5.88 Å². The van der Waals surface area contributed by atoms with Crippen LogP contribution in [-0.2, 0) is 5.33 Å². The molecule has 0 aliphatic rings. The van der Waals surface area contributed by atoms with Gasteiger partial charge in [0.1, 0.15) is 0 Å². The largest absolute Gasteiger partial charge is 0.416 e. The van der Waals surface area contributed by atoms with Crippen molar-refractivity contribution in [2.45, 2.75) is 11.9 Å². The maximum atomic E-state index is 12.4. The van der Waals surface area contributed by atoms with E-state index < -0.39 is 6.61 Å². The molecule has 1 heterocycles. The van der Waals surface area contributed by atoms with Gasteiger partial charge in [-0.2, -0.15) is 8.78 Å². The van der Waals surface area contributed by atoms with E-state index in [1.807, 2.05) is 0 Å². The maximum Gasteiger partial charge on any atom is 0.388 e. The topological polar surface area (TPSA) is 22.1 Å². The fourth-order valence-electron chi connectivity index (χ4n) is 1.72. The predicted octanol–water partition coefficient (Wildman–Crippen LogP) is 4.90. The Hall–Kier alpha value is -1.20. The third kappa shape index (κ3) is 3.22. The van der Waals surface area contributed by atoms with Crippen molar-refractivity contribution >= 4 is 27.5 Å². The molecule has 100 valence electrons. The molecular formula is C13H9BrClF2NO. The van der Waals surface area contributed by atoms with Crippen molar-refractivity contribution in [2.24, 2.45) is 0 Å². The summed E-state index contributed by atoms with van der Waals surface area (Å²) in [6.45, 7) is -2.92. The Morgan fingerprint density at radius 2 is 1.95 bits per heavy atom. The van der Waals surface area contributed by atoms with Gasteiger partial charge in [0.05, 0.1) is 0 Å². The minimum atomic E-state index is -2.92. The highest BCUT2D eigenvalue weighted by Gasteiger charge is 2.15. The zero-order chi connectivity index (χ0) is 13.8. The first-order valence-electron chi connectivity index (χ1n) is 5.37. The van der Waals surface area contributed by atoms with Crippen LogP contribution in [0.25, 0.3) is 11.1 Å². The van der Waals surface area contributed by atoms with E-state index >= 15 is 0 Å². The molecule has 0 unspecified atom stereocenters. The van der Waals surface area contributed by atoms with Crippen molar-refractivity contribution in [2.75, 3.05) is 0 Å². The lowest BCUT2D eigenvalue weighted by Gasteiger charge is -2.13. The minimum absolute atomic E-state index is 0.109. The van der Waals surface area contributed by atoms with Crippen molar-refractivity contribution in [3.8, 4) is 17.0 Å². The summed E-state index contributed by atoms with van der Waals surface area (Å²) in [4.78, 5) is 3.84. The second kappa shape index (κ2) is 6.30. The molecular weight excluding hydrogens is 340 g/mol. The molecule has 0 saturated carbocycles. The summed E-state index contributed by atoms with van der Waals surface area (Å²) < 4.78 is 29.2. The SMILES string of the molecule is FC(F)Oc1ncccc1-c1cccc(Cl)c1CBr. The highest BCUT2D eigenvalue weighted by molar-refractivity contribution is 9.08. The molecule has 0 atom stereocenters. The van der Waals surface area contributed by atoms with E-state index in [0.717, 1.165) is 5.56 Å². The van der Waals surface area contributed by atoms with Gasteiger partial charge in [0.15, 0.2) is 0 Å². The molecule has 0 radical (unpaired) electrons. The Bertz CT molecular complexity index is 580. The Kier molecular flexibility index (Phi) is 4.71. The summed E-state index contributed by atoms with van der Waals surface area (Å²) in [6, 6.07) is 8.61. The number of hydrogen-bond acceptors (Lipinski definition) is 2. The van der Waals surface area contributed by atoms with Gasteiger partial charge in [0.25, 0.3) is 0 Å². The van der Waals surface area contributed by atoms with Crippen molar-refractivity contribution in [1.29, 1.82) is 0 Å². The summed E-state index contributed by atoms with van der Waals surface area (Å²) in [5, 5.41) is 1.06. The van der Waals surface area contributed by atoms with Crippen molar-refractivity contribution in [1.82, 2.24) is 4.98 Å². The molecule has 2 aromatic rings. The third-order valence-corrected chi connectivity index (χ3v) is 3.43. The molecule has 1 aromatic heterocycles. The Morgan fingerprint density at radius 3 is 2.63 bits per heavy atom. The molecule has 2 nitrogen and oxygen atoms in total. The summed E-state index contributed by atoms with van der Waals surface area (Å²) in [5.41, 5.74) is 2.00. The number of halogens is 4. The molecule has 0 aliphatic carbocycles. The van der Waals surface area contributed by atoms with Gasteiger partial charge in [-0.25, -0.2) is 4.98 Å². The van der Waals surface area contributed by atoms with E-state index in [1.54, 1.807) is 30.3 Å². The predicted molar refractivity (Wildman–Crippen MR) is 73.9 cm³/mol. The zero-order valence-corrected chi connectivity index (χ0v) is 12.0. The van der Waals surface area contributed by atoms with Crippen molar-refractivity contribution in [3.63, 3.8) is 0 Å². The third-order valence-electron chi connectivity index (χ3n) is 2.51. The van der Waals surface area contributed by atoms with E-state index in [0.29, 0.717) is 21.5 Å². The van der Waals surface area contributed by atoms with Gasteiger partial charge in [-0.3, -0.25) is 0 Å². The van der Waals surface area contributed by atoms with Gasteiger partial charge in [-0.05, 0) is 29.3 Å². The fraction of sp³-hybridized carbons (Fsp3) is 0.154. The lowest BCUT2D eigenvalue weighted by Crippen LogP contribution is -2.05. The van der Waals surface area contributed by atoms with Crippen LogP contribution in [0.2, 0.25) is 5.02 Å². The van der Waals surface area contributed by atoms with E-state index in [-0.39, 0.29) is 5.88 Å². The van der Waals surface area contributed by atoms with Crippen molar-refractivity contribution in [3.05, 3.63) is 47.1 Å². The van der Waals surface area contributed by atoms with Gasteiger partial charge < -0.3 is 4.74 Å². The normalized spacial score (nSPS) is 10.8. The van der Waals surface area contributed by atoms with E-state index in [9.17, 15) is 8.78 Å². The second-order valence-electron chi connectivity index (χ2n) is 3.63. The maximum absolute atomic E-state index is 12.4. The first-order chi connectivity index (χ1) is 9.13. The van der Waals surface area contributed by atoms with Crippen LogP contribution in [0.15, 0.2) is 36.5 Å². The van der Waals surface area contributed by atoms with Crippen LogP contribution in [0, 0.1) is 0 Å². The van der Waals surface area contributed by atoms with Gasteiger partial charge in [-0.1, -0.05) is 39.7 Å². The monoisotopic (exact) mass is 347 g/mol. The quantitative estimate of drug-likeness (QED) is 0.733. The Balaban J connectivity index is 2.56.